The lowest BCUT2D eigenvalue weighted by atomic mass is 9.94. The van der Waals surface area contributed by atoms with Gasteiger partial charge in [-0.25, -0.2) is 0 Å². The van der Waals surface area contributed by atoms with Gasteiger partial charge in [-0.1, -0.05) is 12.2 Å². The Morgan fingerprint density at radius 1 is 1.40 bits per heavy atom. The summed E-state index contributed by atoms with van der Waals surface area (Å²) in [4.78, 5) is 21.8. The molecule has 0 aromatic carbocycles. The van der Waals surface area contributed by atoms with E-state index in [4.69, 9.17) is 5.11 Å². The molecule has 0 radical (unpaired) electrons. The molecule has 1 aliphatic rings. The van der Waals surface area contributed by atoms with Crippen molar-refractivity contribution in [3.8, 4) is 0 Å². The second-order valence-electron chi connectivity index (χ2n) is 3.77. The summed E-state index contributed by atoms with van der Waals surface area (Å²) in [5.41, 5.74) is 0. The number of carbonyl (C=O) groups is 2. The minimum absolute atomic E-state index is 0.0599. The number of hydrogen-bond acceptors (Lipinski definition) is 2. The normalized spacial score (nSPS) is 19.9. The maximum Gasteiger partial charge on any atom is 0.303 e. The molecule has 0 aromatic heterocycles. The number of nitrogens with one attached hydrogen (secondary N) is 1. The third-order valence-corrected chi connectivity index (χ3v) is 2.51. The molecule has 0 unspecified atom stereocenters. The second kappa shape index (κ2) is 6.22. The molecule has 2 N–H and O–H groups in total. The Morgan fingerprint density at radius 3 is 2.80 bits per heavy atom. The number of rotatable bonds is 5. The second-order valence-corrected chi connectivity index (χ2v) is 3.77. The van der Waals surface area contributed by atoms with E-state index in [1.54, 1.807) is 0 Å². The molecule has 0 aliphatic heterocycles. The number of carbonyl (C=O) groups excluding carboxylic acids is 1. The first-order valence-corrected chi connectivity index (χ1v) is 5.34. The van der Waals surface area contributed by atoms with Gasteiger partial charge in [-0.3, -0.25) is 9.59 Å². The first-order valence-electron chi connectivity index (χ1n) is 5.34. The third kappa shape index (κ3) is 4.63. The van der Waals surface area contributed by atoms with E-state index in [1.807, 2.05) is 6.08 Å². The van der Waals surface area contributed by atoms with Gasteiger partial charge in [0.15, 0.2) is 0 Å². The van der Waals surface area contributed by atoms with E-state index in [0.29, 0.717) is 13.0 Å². The molecule has 1 atom stereocenters. The molecule has 0 saturated carbocycles. The highest BCUT2D eigenvalue weighted by Crippen LogP contribution is 2.17. The number of allylic oxidation sites excluding steroid dienone is 2. The van der Waals surface area contributed by atoms with Crippen LogP contribution in [-0.2, 0) is 9.59 Å². The summed E-state index contributed by atoms with van der Waals surface area (Å²) in [7, 11) is 0. The van der Waals surface area contributed by atoms with Crippen LogP contribution in [0.3, 0.4) is 0 Å². The Balaban J connectivity index is 2.12. The number of aliphatic carboxylic acids is 1. The summed E-state index contributed by atoms with van der Waals surface area (Å²) in [6.45, 7) is 0.464. The fourth-order valence-corrected chi connectivity index (χ4v) is 1.63. The quantitative estimate of drug-likeness (QED) is 0.532. The van der Waals surface area contributed by atoms with Crippen LogP contribution in [0.1, 0.15) is 32.1 Å². The molecule has 0 spiro atoms. The lowest BCUT2D eigenvalue weighted by molar-refractivity contribution is -0.137. The summed E-state index contributed by atoms with van der Waals surface area (Å²) in [5, 5.41) is 11.2. The van der Waals surface area contributed by atoms with Gasteiger partial charge in [0.05, 0.1) is 0 Å². The summed E-state index contributed by atoms with van der Waals surface area (Å²) < 4.78 is 0. The smallest absolute Gasteiger partial charge is 0.303 e. The van der Waals surface area contributed by atoms with Crippen LogP contribution in [0, 0.1) is 5.92 Å². The van der Waals surface area contributed by atoms with Gasteiger partial charge >= 0.3 is 5.97 Å². The maximum absolute atomic E-state index is 11.6. The van der Waals surface area contributed by atoms with Crippen molar-refractivity contribution in [2.75, 3.05) is 6.54 Å². The number of carboxylic acids is 1. The standard InChI is InChI=1S/C11H17NO3/c13-10(14)7-4-8-12-11(15)9-5-2-1-3-6-9/h1-2,9H,3-8H2,(H,12,15)(H,13,14)/t9-/m1/s1. The molecule has 4 heteroatoms. The molecule has 1 amide bonds. The predicted molar refractivity (Wildman–Crippen MR) is 56.4 cm³/mol. The first-order chi connectivity index (χ1) is 7.20. The summed E-state index contributed by atoms with van der Waals surface area (Å²) in [6.07, 6.45) is 7.42. The minimum atomic E-state index is -0.815. The van der Waals surface area contributed by atoms with Gasteiger partial charge in [-0.05, 0) is 25.7 Å². The van der Waals surface area contributed by atoms with Crippen LogP contribution in [0.15, 0.2) is 12.2 Å². The van der Waals surface area contributed by atoms with Crippen molar-refractivity contribution in [3.05, 3.63) is 12.2 Å². The van der Waals surface area contributed by atoms with Crippen LogP contribution in [-0.4, -0.2) is 23.5 Å². The number of amides is 1. The lowest BCUT2D eigenvalue weighted by Gasteiger charge is -2.16. The first kappa shape index (κ1) is 11.8. The monoisotopic (exact) mass is 211 g/mol. The Labute approximate surface area is 89.4 Å². The van der Waals surface area contributed by atoms with E-state index in [2.05, 4.69) is 11.4 Å². The molecular weight excluding hydrogens is 194 g/mol. The van der Waals surface area contributed by atoms with Gasteiger partial charge in [0, 0.05) is 18.9 Å². The van der Waals surface area contributed by atoms with Crippen molar-refractivity contribution in [1.82, 2.24) is 5.32 Å². The highest BCUT2D eigenvalue weighted by atomic mass is 16.4. The van der Waals surface area contributed by atoms with Gasteiger partial charge < -0.3 is 10.4 Å². The molecule has 4 nitrogen and oxygen atoms in total. The largest absolute Gasteiger partial charge is 0.481 e. The molecule has 0 fully saturated rings. The zero-order valence-electron chi connectivity index (χ0n) is 8.74. The summed E-state index contributed by atoms with van der Waals surface area (Å²) in [5.74, 6) is -0.672. The average Bonchev–Trinajstić information content (AvgIpc) is 2.25. The fourth-order valence-electron chi connectivity index (χ4n) is 1.63. The van der Waals surface area contributed by atoms with Gasteiger partial charge in [-0.15, -0.1) is 0 Å². The van der Waals surface area contributed by atoms with E-state index in [0.717, 1.165) is 19.3 Å². The highest BCUT2D eigenvalue weighted by Gasteiger charge is 2.17. The van der Waals surface area contributed by atoms with Crippen molar-refractivity contribution in [2.24, 2.45) is 5.92 Å². The average molecular weight is 211 g/mol. The van der Waals surface area contributed by atoms with Crippen molar-refractivity contribution in [1.29, 1.82) is 0 Å². The topological polar surface area (TPSA) is 66.4 Å². The molecular formula is C11H17NO3. The maximum atomic E-state index is 11.6. The van der Waals surface area contributed by atoms with Crippen molar-refractivity contribution >= 4 is 11.9 Å². The predicted octanol–water partition coefficient (Wildman–Crippen LogP) is 1.32. The van der Waals surface area contributed by atoms with E-state index in [-0.39, 0.29) is 18.2 Å². The van der Waals surface area contributed by atoms with Gasteiger partial charge in [0.1, 0.15) is 0 Å². The summed E-state index contributed by atoms with van der Waals surface area (Å²) in [6, 6.07) is 0. The molecule has 1 aliphatic carbocycles. The van der Waals surface area contributed by atoms with Gasteiger partial charge in [0.25, 0.3) is 0 Å². The van der Waals surface area contributed by atoms with Gasteiger partial charge in [0.2, 0.25) is 5.91 Å². The van der Waals surface area contributed by atoms with Crippen LogP contribution in [0.25, 0.3) is 0 Å². The van der Waals surface area contributed by atoms with Crippen LogP contribution >= 0.6 is 0 Å². The van der Waals surface area contributed by atoms with E-state index in [9.17, 15) is 9.59 Å². The molecule has 0 saturated heterocycles. The zero-order chi connectivity index (χ0) is 11.1. The molecule has 1 rings (SSSR count). The Morgan fingerprint density at radius 2 is 2.20 bits per heavy atom. The Bertz CT molecular complexity index is 261. The zero-order valence-corrected chi connectivity index (χ0v) is 8.74. The minimum Gasteiger partial charge on any atom is -0.481 e. The molecule has 0 heterocycles. The summed E-state index contributed by atoms with van der Waals surface area (Å²) >= 11 is 0. The molecule has 15 heavy (non-hydrogen) atoms. The van der Waals surface area contributed by atoms with E-state index >= 15 is 0 Å². The van der Waals surface area contributed by atoms with Crippen molar-refractivity contribution in [3.63, 3.8) is 0 Å². The number of carboxylic acid groups (broad SMARTS) is 1. The fraction of sp³-hybridized carbons (Fsp3) is 0.636. The van der Waals surface area contributed by atoms with E-state index in [1.165, 1.54) is 0 Å². The molecule has 0 aromatic rings. The van der Waals surface area contributed by atoms with Crippen LogP contribution in [0.4, 0.5) is 0 Å². The van der Waals surface area contributed by atoms with Crippen LogP contribution in [0.5, 0.6) is 0 Å². The number of hydrogen-bond donors (Lipinski definition) is 2. The van der Waals surface area contributed by atoms with Crippen LogP contribution in [0.2, 0.25) is 0 Å². The van der Waals surface area contributed by atoms with Crippen LogP contribution < -0.4 is 5.32 Å². The Hall–Kier alpha value is -1.32. The Kier molecular flexibility index (Phi) is 4.87. The van der Waals surface area contributed by atoms with E-state index < -0.39 is 5.97 Å². The van der Waals surface area contributed by atoms with Crippen molar-refractivity contribution < 1.29 is 14.7 Å². The molecule has 84 valence electrons. The SMILES string of the molecule is O=C(O)CCCNC(=O)[C@@H]1CC=CCC1. The van der Waals surface area contributed by atoms with Crippen molar-refractivity contribution in [2.45, 2.75) is 32.1 Å². The molecule has 0 bridgehead atoms. The van der Waals surface area contributed by atoms with Gasteiger partial charge in [-0.2, -0.15) is 0 Å². The highest BCUT2D eigenvalue weighted by molar-refractivity contribution is 5.79. The lowest BCUT2D eigenvalue weighted by Crippen LogP contribution is -2.32. The third-order valence-electron chi connectivity index (χ3n) is 2.51.